The van der Waals surface area contributed by atoms with Crippen molar-refractivity contribution in [2.24, 2.45) is 0 Å². The zero-order chi connectivity index (χ0) is 39.0. The lowest BCUT2D eigenvalue weighted by Crippen LogP contribution is -2.16. The van der Waals surface area contributed by atoms with Crippen molar-refractivity contribution >= 4 is 39.0 Å². The average Bonchev–Trinajstić information content (AvgIpc) is 3.72. The van der Waals surface area contributed by atoms with E-state index < -0.39 is 0 Å². The Morgan fingerprint density at radius 2 is 0.965 bits per heavy atom. The van der Waals surface area contributed by atoms with Crippen molar-refractivity contribution in [2.45, 2.75) is 47.0 Å². The standard InChI is InChI=1S/C55H45NO/c1-34-18-19-40(49-31-36(3)35(2)30-37(49)4)32-50(34)39-22-26-42(27-23-39)56(43-28-29-46-45-12-7-9-16-51(45)55(5,6)52(46)33-43)41-24-20-38(21-25-41)44-14-11-15-48-47-13-8-10-17-53(47)57-54(44)48/h7-33H,1-6H3. The summed E-state index contributed by atoms with van der Waals surface area (Å²) in [6.45, 7) is 13.5. The Balaban J connectivity index is 1.07. The van der Waals surface area contributed by atoms with E-state index in [1.807, 2.05) is 12.1 Å². The van der Waals surface area contributed by atoms with Gasteiger partial charge in [0.05, 0.1) is 0 Å². The van der Waals surface area contributed by atoms with Crippen molar-refractivity contribution in [1.29, 1.82) is 0 Å². The smallest absolute Gasteiger partial charge is 0.143 e. The highest BCUT2D eigenvalue weighted by atomic mass is 16.3. The molecule has 2 heteroatoms. The van der Waals surface area contributed by atoms with E-state index in [1.54, 1.807) is 0 Å². The van der Waals surface area contributed by atoms with Crippen molar-refractivity contribution in [1.82, 2.24) is 0 Å². The molecule has 1 aliphatic carbocycles. The lowest BCUT2D eigenvalue weighted by Gasteiger charge is -2.28. The van der Waals surface area contributed by atoms with Crippen LogP contribution < -0.4 is 4.90 Å². The molecule has 1 aromatic heterocycles. The molecule has 0 spiro atoms. The van der Waals surface area contributed by atoms with Crippen LogP contribution in [0.1, 0.15) is 47.2 Å². The summed E-state index contributed by atoms with van der Waals surface area (Å²) in [5.41, 5.74) is 22.9. The summed E-state index contributed by atoms with van der Waals surface area (Å²) in [5, 5.41) is 2.28. The molecule has 0 aliphatic heterocycles. The normalized spacial score (nSPS) is 12.9. The summed E-state index contributed by atoms with van der Waals surface area (Å²) in [7, 11) is 0. The molecule has 0 fully saturated rings. The van der Waals surface area contributed by atoms with Crippen LogP contribution in [-0.4, -0.2) is 0 Å². The van der Waals surface area contributed by atoms with Gasteiger partial charge < -0.3 is 9.32 Å². The molecule has 9 aromatic rings. The summed E-state index contributed by atoms with van der Waals surface area (Å²) in [4.78, 5) is 2.40. The second-order valence-electron chi connectivity index (χ2n) is 16.4. The Morgan fingerprint density at radius 3 is 1.74 bits per heavy atom. The molecule has 2 nitrogen and oxygen atoms in total. The van der Waals surface area contributed by atoms with Crippen LogP contribution in [0.15, 0.2) is 168 Å². The number of nitrogens with zero attached hydrogens (tertiary/aromatic N) is 1. The summed E-state index contributed by atoms with van der Waals surface area (Å²) < 4.78 is 6.44. The molecule has 0 bridgehead atoms. The summed E-state index contributed by atoms with van der Waals surface area (Å²) in [5.74, 6) is 0. The Labute approximate surface area is 335 Å². The highest BCUT2D eigenvalue weighted by Gasteiger charge is 2.35. The van der Waals surface area contributed by atoms with Gasteiger partial charge in [-0.05, 0) is 149 Å². The third-order valence-corrected chi connectivity index (χ3v) is 12.5. The third-order valence-electron chi connectivity index (χ3n) is 12.5. The number of aryl methyl sites for hydroxylation is 4. The van der Waals surface area contributed by atoms with Gasteiger partial charge in [-0.1, -0.05) is 129 Å². The molecule has 1 aliphatic rings. The first kappa shape index (κ1) is 34.8. The van der Waals surface area contributed by atoms with E-state index >= 15 is 0 Å². The SMILES string of the molecule is Cc1cc(C)c(-c2ccc(C)c(-c3ccc(N(c4ccc(-c5cccc6c5oc5ccccc56)cc4)c4ccc5c(c4)C(C)(C)c4ccccc4-5)cc3)c2)cc1C. The van der Waals surface area contributed by atoms with Crippen LogP contribution in [0, 0.1) is 27.7 Å². The fourth-order valence-corrected chi connectivity index (χ4v) is 9.21. The van der Waals surface area contributed by atoms with Gasteiger partial charge in [-0.3, -0.25) is 0 Å². The van der Waals surface area contributed by atoms with Crippen LogP contribution in [0.5, 0.6) is 0 Å². The summed E-state index contributed by atoms with van der Waals surface area (Å²) in [6, 6.07) is 60.2. The lowest BCUT2D eigenvalue weighted by molar-refractivity contribution is 0.660. The van der Waals surface area contributed by atoms with Crippen LogP contribution in [0.25, 0.3) is 66.4 Å². The maximum atomic E-state index is 6.44. The van der Waals surface area contributed by atoms with E-state index in [0.29, 0.717) is 0 Å². The minimum atomic E-state index is -0.108. The van der Waals surface area contributed by atoms with E-state index in [0.717, 1.165) is 50.1 Å². The topological polar surface area (TPSA) is 16.4 Å². The lowest BCUT2D eigenvalue weighted by atomic mass is 9.82. The fourth-order valence-electron chi connectivity index (χ4n) is 9.21. The molecule has 57 heavy (non-hydrogen) atoms. The van der Waals surface area contributed by atoms with E-state index in [1.165, 1.54) is 66.8 Å². The number of hydrogen-bond donors (Lipinski definition) is 0. The van der Waals surface area contributed by atoms with Crippen LogP contribution >= 0.6 is 0 Å². The van der Waals surface area contributed by atoms with E-state index in [4.69, 9.17) is 4.42 Å². The van der Waals surface area contributed by atoms with Gasteiger partial charge in [-0.25, -0.2) is 0 Å². The average molecular weight is 736 g/mol. The van der Waals surface area contributed by atoms with Crippen LogP contribution in [0.2, 0.25) is 0 Å². The van der Waals surface area contributed by atoms with Crippen molar-refractivity contribution in [3.05, 3.63) is 197 Å². The van der Waals surface area contributed by atoms with Gasteiger partial charge in [0, 0.05) is 38.8 Å². The molecule has 0 amide bonds. The number of furan rings is 1. The first-order valence-electron chi connectivity index (χ1n) is 20.0. The summed E-state index contributed by atoms with van der Waals surface area (Å²) >= 11 is 0. The van der Waals surface area contributed by atoms with E-state index in [-0.39, 0.29) is 5.41 Å². The minimum Gasteiger partial charge on any atom is -0.455 e. The number of anilines is 3. The zero-order valence-corrected chi connectivity index (χ0v) is 33.4. The Morgan fingerprint density at radius 1 is 0.386 bits per heavy atom. The van der Waals surface area contributed by atoms with Gasteiger partial charge in [0.25, 0.3) is 0 Å². The molecule has 1 heterocycles. The molecule has 8 aromatic carbocycles. The Kier molecular flexibility index (Phi) is 8.09. The van der Waals surface area contributed by atoms with Gasteiger partial charge in [-0.15, -0.1) is 0 Å². The number of benzene rings is 8. The van der Waals surface area contributed by atoms with Gasteiger partial charge >= 0.3 is 0 Å². The van der Waals surface area contributed by atoms with E-state index in [2.05, 4.69) is 198 Å². The first-order chi connectivity index (χ1) is 27.7. The molecule has 0 unspecified atom stereocenters. The van der Waals surface area contributed by atoms with Crippen molar-refractivity contribution < 1.29 is 4.42 Å². The predicted molar refractivity (Wildman–Crippen MR) is 241 cm³/mol. The molecule has 0 N–H and O–H groups in total. The molecule has 276 valence electrons. The molecule has 0 saturated carbocycles. The second kappa shape index (κ2) is 13.2. The number of fused-ring (bicyclic) bond motifs is 6. The summed E-state index contributed by atoms with van der Waals surface area (Å²) in [6.07, 6.45) is 0. The number of rotatable bonds is 6. The quantitative estimate of drug-likeness (QED) is 0.169. The molecule has 0 atom stereocenters. The minimum absolute atomic E-state index is 0.108. The second-order valence-corrected chi connectivity index (χ2v) is 16.4. The maximum absolute atomic E-state index is 6.44. The number of para-hydroxylation sites is 2. The van der Waals surface area contributed by atoms with Crippen molar-refractivity contribution in [3.8, 4) is 44.5 Å². The predicted octanol–water partition coefficient (Wildman–Crippen LogP) is 15.6. The van der Waals surface area contributed by atoms with Crippen LogP contribution in [-0.2, 0) is 5.41 Å². The highest BCUT2D eigenvalue weighted by Crippen LogP contribution is 2.51. The van der Waals surface area contributed by atoms with E-state index in [9.17, 15) is 0 Å². The molecular weight excluding hydrogens is 691 g/mol. The Bertz CT molecular complexity index is 3020. The fraction of sp³-hybridized carbons (Fsp3) is 0.127. The van der Waals surface area contributed by atoms with Crippen molar-refractivity contribution in [2.75, 3.05) is 4.90 Å². The Hall–Kier alpha value is -6.64. The van der Waals surface area contributed by atoms with Crippen LogP contribution in [0.3, 0.4) is 0 Å². The van der Waals surface area contributed by atoms with Gasteiger partial charge in [-0.2, -0.15) is 0 Å². The zero-order valence-electron chi connectivity index (χ0n) is 33.4. The number of hydrogen-bond acceptors (Lipinski definition) is 2. The highest BCUT2D eigenvalue weighted by molar-refractivity contribution is 6.09. The van der Waals surface area contributed by atoms with Crippen molar-refractivity contribution in [3.63, 3.8) is 0 Å². The van der Waals surface area contributed by atoms with Crippen LogP contribution in [0.4, 0.5) is 17.1 Å². The first-order valence-corrected chi connectivity index (χ1v) is 20.0. The largest absolute Gasteiger partial charge is 0.455 e. The molecule has 0 saturated heterocycles. The monoisotopic (exact) mass is 735 g/mol. The third kappa shape index (κ3) is 5.70. The molecule has 10 rings (SSSR count). The maximum Gasteiger partial charge on any atom is 0.143 e. The molecule has 0 radical (unpaired) electrons. The van der Waals surface area contributed by atoms with Gasteiger partial charge in [0.1, 0.15) is 11.2 Å². The molecular formula is C55H45NO. The van der Waals surface area contributed by atoms with Gasteiger partial charge in [0.15, 0.2) is 0 Å². The van der Waals surface area contributed by atoms with Gasteiger partial charge in [0.2, 0.25) is 0 Å².